The number of nitrogens with two attached hydrogens (primary N) is 1. The fraction of sp³-hybridized carbons (Fsp3) is 0.429. The first-order chi connectivity index (χ1) is 17.7. The molecule has 3 aromatic rings. The third-order valence-corrected chi connectivity index (χ3v) is 7.39. The van der Waals surface area contributed by atoms with Crippen LogP contribution < -0.4 is 5.73 Å². The van der Waals surface area contributed by atoms with Crippen LogP contribution in [-0.2, 0) is 30.5 Å². The van der Waals surface area contributed by atoms with Crippen molar-refractivity contribution in [2.24, 2.45) is 0 Å². The van der Waals surface area contributed by atoms with Crippen molar-refractivity contribution in [3.05, 3.63) is 41.4 Å². The minimum absolute atomic E-state index is 0.0205. The number of aliphatic carboxylic acids is 1. The van der Waals surface area contributed by atoms with E-state index < -0.39 is 65.3 Å². The monoisotopic (exact) mass is 575 g/mol. The molecule has 206 valence electrons. The van der Waals surface area contributed by atoms with Crippen molar-refractivity contribution in [3.8, 4) is 0 Å². The van der Waals surface area contributed by atoms with E-state index in [0.29, 0.717) is 0 Å². The first-order valence-electron chi connectivity index (χ1n) is 10.9. The second kappa shape index (κ2) is 10.3. The highest BCUT2D eigenvalue weighted by Crippen LogP contribution is 2.35. The van der Waals surface area contributed by atoms with Crippen molar-refractivity contribution in [1.82, 2.24) is 19.5 Å². The zero-order chi connectivity index (χ0) is 28.0. The van der Waals surface area contributed by atoms with Crippen LogP contribution in [0.5, 0.6) is 0 Å². The number of nitrogen functional groups attached to an aromatic ring is 1. The topological polar surface area (TPSA) is 220 Å². The maximum Gasteiger partial charge on any atom is 0.341 e. The van der Waals surface area contributed by atoms with Crippen LogP contribution in [0.25, 0.3) is 11.2 Å². The molecule has 5 atom stereocenters. The summed E-state index contributed by atoms with van der Waals surface area (Å²) < 4.78 is 50.5. The van der Waals surface area contributed by atoms with Crippen LogP contribution in [0.1, 0.15) is 11.8 Å². The molecule has 1 aliphatic rings. The summed E-state index contributed by atoms with van der Waals surface area (Å²) in [6, 6.07) is 5.02. The van der Waals surface area contributed by atoms with Crippen LogP contribution in [0.3, 0.4) is 0 Å². The number of halogens is 2. The first-order valence-corrected chi connectivity index (χ1v) is 13.2. The number of carboxylic acids is 1. The smallest absolute Gasteiger partial charge is 0.341 e. The number of aliphatic hydroxyl groups is 3. The van der Waals surface area contributed by atoms with E-state index in [1.807, 2.05) is 0 Å². The SMILES string of the molecule is CS(=O)(=O)c1ccc(CC(OC[C@H]2O[C@@H](n3cnc4c(N)nc(Cl)nc43)[C@@H](F)[C@@H]2O)(C(=O)O)C(O)O)cc1. The Morgan fingerprint density at radius 3 is 2.55 bits per heavy atom. The van der Waals surface area contributed by atoms with Gasteiger partial charge >= 0.3 is 5.97 Å². The van der Waals surface area contributed by atoms with Gasteiger partial charge in [0.05, 0.1) is 17.8 Å². The van der Waals surface area contributed by atoms with Gasteiger partial charge in [-0.1, -0.05) is 12.1 Å². The van der Waals surface area contributed by atoms with Crippen molar-refractivity contribution in [1.29, 1.82) is 0 Å². The average molecular weight is 576 g/mol. The molecule has 0 bridgehead atoms. The Labute approximate surface area is 219 Å². The van der Waals surface area contributed by atoms with Gasteiger partial charge in [0.2, 0.25) is 10.9 Å². The van der Waals surface area contributed by atoms with Gasteiger partial charge in [-0.15, -0.1) is 0 Å². The highest BCUT2D eigenvalue weighted by Gasteiger charge is 2.51. The number of alkyl halides is 1. The number of nitrogens with zero attached hydrogens (tertiary/aromatic N) is 4. The first kappa shape index (κ1) is 28.0. The Hall–Kier alpha value is -2.99. The molecule has 3 heterocycles. The number of sulfone groups is 1. The normalized spacial score (nSPS) is 23.7. The third kappa shape index (κ3) is 5.15. The lowest BCUT2D eigenvalue weighted by molar-refractivity contribution is -0.231. The van der Waals surface area contributed by atoms with Gasteiger partial charge in [0.25, 0.3) is 0 Å². The maximum absolute atomic E-state index is 15.1. The predicted octanol–water partition coefficient (Wildman–Crippen LogP) is -0.545. The Bertz CT molecular complexity index is 1460. The van der Waals surface area contributed by atoms with E-state index in [1.165, 1.54) is 24.3 Å². The van der Waals surface area contributed by atoms with Gasteiger partial charge in [0.1, 0.15) is 17.7 Å². The molecule has 1 aliphatic heterocycles. The van der Waals surface area contributed by atoms with Gasteiger partial charge in [-0.2, -0.15) is 9.97 Å². The molecule has 14 nitrogen and oxygen atoms in total. The minimum Gasteiger partial charge on any atom is -0.479 e. The van der Waals surface area contributed by atoms with Crippen LogP contribution in [0.15, 0.2) is 35.5 Å². The summed E-state index contributed by atoms with van der Waals surface area (Å²) in [6.07, 6.45) is -7.85. The zero-order valence-corrected chi connectivity index (χ0v) is 21.1. The van der Waals surface area contributed by atoms with Crippen molar-refractivity contribution >= 4 is 44.4 Å². The number of rotatable bonds is 9. The van der Waals surface area contributed by atoms with Gasteiger partial charge in [-0.05, 0) is 29.3 Å². The number of hydrogen-bond donors (Lipinski definition) is 5. The molecule has 17 heteroatoms. The lowest BCUT2D eigenvalue weighted by atomic mass is 9.93. The van der Waals surface area contributed by atoms with E-state index in [9.17, 15) is 33.6 Å². The average Bonchev–Trinajstić information content (AvgIpc) is 3.37. The number of aromatic nitrogens is 4. The van der Waals surface area contributed by atoms with Crippen LogP contribution >= 0.6 is 11.6 Å². The van der Waals surface area contributed by atoms with E-state index in [1.54, 1.807) is 0 Å². The van der Waals surface area contributed by atoms with Gasteiger partial charge in [-0.25, -0.2) is 22.6 Å². The van der Waals surface area contributed by atoms with E-state index in [0.717, 1.165) is 17.2 Å². The molecule has 4 rings (SSSR count). The molecule has 6 N–H and O–H groups in total. The van der Waals surface area contributed by atoms with Crippen LogP contribution in [-0.4, -0.2) is 97.5 Å². The second-order valence-corrected chi connectivity index (χ2v) is 11.0. The third-order valence-electron chi connectivity index (χ3n) is 6.09. The molecule has 1 saturated heterocycles. The number of carbonyl (C=O) groups is 1. The maximum atomic E-state index is 15.1. The lowest BCUT2D eigenvalue weighted by Gasteiger charge is -2.32. The molecule has 1 aromatic carbocycles. The molecular formula is C21H23ClFN5O9S. The molecule has 38 heavy (non-hydrogen) atoms. The van der Waals surface area contributed by atoms with Gasteiger partial charge in [-0.3, -0.25) is 4.57 Å². The number of carboxylic acid groups (broad SMARTS) is 1. The molecule has 0 radical (unpaired) electrons. The fourth-order valence-electron chi connectivity index (χ4n) is 4.02. The van der Waals surface area contributed by atoms with Gasteiger partial charge in [0, 0.05) is 12.7 Å². The summed E-state index contributed by atoms with van der Waals surface area (Å²) in [4.78, 5) is 23.8. The summed E-state index contributed by atoms with van der Waals surface area (Å²) in [7, 11) is -3.53. The second-order valence-electron chi connectivity index (χ2n) is 8.67. The number of anilines is 1. The summed E-state index contributed by atoms with van der Waals surface area (Å²) in [5.41, 5.74) is 3.41. The summed E-state index contributed by atoms with van der Waals surface area (Å²) in [5.74, 6) is -1.84. The number of fused-ring (bicyclic) bond motifs is 1. The fourth-order valence-corrected chi connectivity index (χ4v) is 4.82. The zero-order valence-electron chi connectivity index (χ0n) is 19.5. The largest absolute Gasteiger partial charge is 0.479 e. The van der Waals surface area contributed by atoms with Crippen LogP contribution in [0.2, 0.25) is 5.28 Å². The molecule has 1 fully saturated rings. The Morgan fingerprint density at radius 1 is 1.32 bits per heavy atom. The van der Waals surface area contributed by atoms with Crippen molar-refractivity contribution in [2.75, 3.05) is 18.6 Å². The Kier molecular flexibility index (Phi) is 7.59. The van der Waals surface area contributed by atoms with Crippen molar-refractivity contribution in [2.45, 2.75) is 47.8 Å². The number of aliphatic hydroxyl groups excluding tert-OH is 2. The van der Waals surface area contributed by atoms with Gasteiger partial charge < -0.3 is 35.6 Å². The van der Waals surface area contributed by atoms with Crippen LogP contribution in [0.4, 0.5) is 10.2 Å². The Balaban J connectivity index is 1.56. The molecular weight excluding hydrogens is 553 g/mol. The summed E-state index contributed by atoms with van der Waals surface area (Å²) >= 11 is 5.83. The van der Waals surface area contributed by atoms with E-state index in [-0.39, 0.29) is 32.7 Å². The Morgan fingerprint density at radius 2 is 1.97 bits per heavy atom. The lowest BCUT2D eigenvalue weighted by Crippen LogP contribution is -2.55. The predicted molar refractivity (Wildman–Crippen MR) is 127 cm³/mol. The quantitative estimate of drug-likeness (QED) is 0.160. The van der Waals surface area contributed by atoms with E-state index in [4.69, 9.17) is 26.8 Å². The number of hydrogen-bond acceptors (Lipinski definition) is 12. The molecule has 0 amide bonds. The van der Waals surface area contributed by atoms with Crippen molar-refractivity contribution in [3.63, 3.8) is 0 Å². The summed E-state index contributed by atoms with van der Waals surface area (Å²) in [6.45, 7) is -0.770. The van der Waals surface area contributed by atoms with E-state index >= 15 is 4.39 Å². The highest BCUT2D eigenvalue weighted by atomic mass is 35.5. The molecule has 2 aromatic heterocycles. The number of benzene rings is 1. The van der Waals surface area contributed by atoms with E-state index in [2.05, 4.69) is 15.0 Å². The van der Waals surface area contributed by atoms with Crippen molar-refractivity contribution < 1.29 is 47.5 Å². The number of imidazole rings is 1. The number of ether oxygens (including phenoxy) is 2. The standard InChI is InChI=1S/C21H23ClFN5O9S/c1-38(34,35)10-4-2-9(3-5-10)6-21(18(30)31,19(32)33)36-7-11-14(29)12(23)17(37-11)28-8-25-13-15(24)26-20(22)27-16(13)28/h2-5,8,11-12,14,17-18,29-31H,6-7H2,1H3,(H,32,33)(H2,24,26,27)/t11-,12+,14-,17-,21?/m1/s1. The molecule has 0 spiro atoms. The molecule has 0 aliphatic carbocycles. The van der Waals surface area contributed by atoms with Crippen LogP contribution in [0, 0.1) is 0 Å². The molecule has 1 unspecified atom stereocenters. The van der Waals surface area contributed by atoms with Gasteiger partial charge in [0.15, 0.2) is 40.0 Å². The molecule has 0 saturated carbocycles. The summed E-state index contributed by atoms with van der Waals surface area (Å²) in [5, 5.41) is 40.0. The minimum atomic E-state index is -3.53. The highest BCUT2D eigenvalue weighted by molar-refractivity contribution is 7.90.